The van der Waals surface area contributed by atoms with E-state index in [1.165, 1.54) is 6.92 Å². The number of ketones is 1. The van der Waals surface area contributed by atoms with Crippen molar-refractivity contribution in [2.45, 2.75) is 40.5 Å². The Morgan fingerprint density at radius 3 is 2.30 bits per heavy atom. The Morgan fingerprint density at radius 1 is 1.17 bits per heavy atom. The predicted octanol–water partition coefficient (Wildman–Crippen LogP) is 3.97. The first-order chi connectivity index (χ1) is 10.8. The highest BCUT2D eigenvalue weighted by Gasteiger charge is 2.63. The lowest BCUT2D eigenvalue weighted by molar-refractivity contribution is -0.125. The van der Waals surface area contributed by atoms with Crippen molar-refractivity contribution in [2.75, 3.05) is 10.6 Å². The Labute approximate surface area is 137 Å². The van der Waals surface area contributed by atoms with Gasteiger partial charge in [0, 0.05) is 35.5 Å². The number of hydrogen-bond acceptors (Lipinski definition) is 3. The van der Waals surface area contributed by atoms with Crippen LogP contribution in [0.1, 0.15) is 40.5 Å². The van der Waals surface area contributed by atoms with Crippen LogP contribution < -0.4 is 10.6 Å². The van der Waals surface area contributed by atoms with Crippen LogP contribution in [-0.2, 0) is 9.59 Å². The first-order valence-corrected chi connectivity index (χ1v) is 8.15. The molecular formula is C19H24N2O2. The number of allylic oxidation sites excluding steroid dienone is 1. The van der Waals surface area contributed by atoms with E-state index in [9.17, 15) is 9.59 Å². The Morgan fingerprint density at radius 2 is 1.78 bits per heavy atom. The van der Waals surface area contributed by atoms with Crippen LogP contribution in [0.3, 0.4) is 0 Å². The molecule has 2 saturated carbocycles. The first-order valence-electron chi connectivity index (χ1n) is 8.15. The monoisotopic (exact) mass is 312 g/mol. The standard InChI is InChI=1S/C19H24N2O2/c1-12(22)21-14-7-5-13(6-8-14)20-11-15-16-9-10-19(4,17(15)23)18(16,2)3/h5-8,11,16,20H,9-10H2,1-4H3,(H,21,22)/b15-11-/t16-,19-/m0/s1. The summed E-state index contributed by atoms with van der Waals surface area (Å²) in [5.74, 6) is 0.545. The van der Waals surface area contributed by atoms with Crippen molar-refractivity contribution in [1.29, 1.82) is 0 Å². The molecule has 0 aliphatic heterocycles. The van der Waals surface area contributed by atoms with Crippen LogP contribution in [0, 0.1) is 16.7 Å². The average Bonchev–Trinajstić information content (AvgIpc) is 2.79. The Balaban J connectivity index is 1.76. The lowest BCUT2D eigenvalue weighted by Crippen LogP contribution is -2.32. The molecule has 0 heterocycles. The number of amides is 1. The van der Waals surface area contributed by atoms with Crippen LogP contribution in [0.2, 0.25) is 0 Å². The molecule has 2 N–H and O–H groups in total. The van der Waals surface area contributed by atoms with E-state index in [2.05, 4.69) is 31.4 Å². The minimum absolute atomic E-state index is 0.0346. The molecule has 0 saturated heterocycles. The molecule has 0 unspecified atom stereocenters. The van der Waals surface area contributed by atoms with Crippen LogP contribution in [0.15, 0.2) is 36.0 Å². The van der Waals surface area contributed by atoms with Gasteiger partial charge >= 0.3 is 0 Å². The van der Waals surface area contributed by atoms with Gasteiger partial charge in [0.25, 0.3) is 0 Å². The Kier molecular flexibility index (Phi) is 3.58. The summed E-state index contributed by atoms with van der Waals surface area (Å²) < 4.78 is 0. The molecule has 3 rings (SSSR count). The normalized spacial score (nSPS) is 29.8. The van der Waals surface area contributed by atoms with Gasteiger partial charge in [0.1, 0.15) is 0 Å². The van der Waals surface area contributed by atoms with Crippen molar-refractivity contribution >= 4 is 23.1 Å². The zero-order chi connectivity index (χ0) is 16.8. The van der Waals surface area contributed by atoms with Gasteiger partial charge in [0.15, 0.2) is 5.78 Å². The molecule has 0 spiro atoms. The summed E-state index contributed by atoms with van der Waals surface area (Å²) in [6, 6.07) is 7.48. The SMILES string of the molecule is CC(=O)Nc1ccc(N/C=C2\C(=O)[C@]3(C)CC[C@@H]2C3(C)C)cc1. The van der Waals surface area contributed by atoms with E-state index in [1.54, 1.807) is 0 Å². The summed E-state index contributed by atoms with van der Waals surface area (Å²) in [5.41, 5.74) is 2.41. The second-order valence-corrected chi connectivity index (χ2v) is 7.48. The molecule has 2 aliphatic carbocycles. The van der Waals surface area contributed by atoms with E-state index in [1.807, 2.05) is 30.5 Å². The maximum Gasteiger partial charge on any atom is 0.221 e. The molecule has 0 radical (unpaired) electrons. The van der Waals surface area contributed by atoms with Crippen molar-refractivity contribution in [1.82, 2.24) is 0 Å². The predicted molar refractivity (Wildman–Crippen MR) is 92.1 cm³/mol. The first kappa shape index (κ1) is 15.8. The summed E-state index contributed by atoms with van der Waals surface area (Å²) in [7, 11) is 0. The molecular weight excluding hydrogens is 288 g/mol. The van der Waals surface area contributed by atoms with Crippen molar-refractivity contribution < 1.29 is 9.59 Å². The number of nitrogens with one attached hydrogen (secondary N) is 2. The number of carbonyl (C=O) groups excluding carboxylic acids is 2. The van der Waals surface area contributed by atoms with Gasteiger partial charge in [-0.25, -0.2) is 0 Å². The van der Waals surface area contributed by atoms with Gasteiger partial charge in [-0.1, -0.05) is 20.8 Å². The van der Waals surface area contributed by atoms with Crippen molar-refractivity contribution in [3.8, 4) is 0 Å². The number of anilines is 2. The van der Waals surface area contributed by atoms with E-state index in [4.69, 9.17) is 0 Å². The van der Waals surface area contributed by atoms with Crippen molar-refractivity contribution in [3.63, 3.8) is 0 Å². The molecule has 0 aromatic heterocycles. The highest BCUT2D eigenvalue weighted by atomic mass is 16.1. The molecule has 1 aromatic carbocycles. The summed E-state index contributed by atoms with van der Waals surface area (Å²) in [5, 5.41) is 5.98. The average molecular weight is 312 g/mol. The Bertz CT molecular complexity index is 688. The summed E-state index contributed by atoms with van der Waals surface area (Å²) in [6.07, 6.45) is 3.96. The smallest absolute Gasteiger partial charge is 0.221 e. The fraction of sp³-hybridized carbons (Fsp3) is 0.474. The minimum Gasteiger partial charge on any atom is -0.361 e. The molecule has 1 amide bonds. The fourth-order valence-electron chi connectivity index (χ4n) is 4.11. The van der Waals surface area contributed by atoms with E-state index >= 15 is 0 Å². The van der Waals surface area contributed by atoms with Gasteiger partial charge < -0.3 is 10.6 Å². The molecule has 122 valence electrons. The van der Waals surface area contributed by atoms with Gasteiger partial charge in [0.05, 0.1) is 0 Å². The highest BCUT2D eigenvalue weighted by Crippen LogP contribution is 2.65. The molecule has 1 aromatic rings. The van der Waals surface area contributed by atoms with Crippen molar-refractivity contribution in [3.05, 3.63) is 36.0 Å². The lowest BCUT2D eigenvalue weighted by Gasteiger charge is -2.31. The molecule has 2 bridgehead atoms. The largest absolute Gasteiger partial charge is 0.361 e. The van der Waals surface area contributed by atoms with E-state index in [0.717, 1.165) is 29.8 Å². The quantitative estimate of drug-likeness (QED) is 0.830. The van der Waals surface area contributed by atoms with Crippen molar-refractivity contribution in [2.24, 2.45) is 16.7 Å². The van der Waals surface area contributed by atoms with E-state index < -0.39 is 0 Å². The van der Waals surface area contributed by atoms with Crippen LogP contribution in [-0.4, -0.2) is 11.7 Å². The van der Waals surface area contributed by atoms with Gasteiger partial charge in [0.2, 0.25) is 5.91 Å². The number of benzene rings is 1. The zero-order valence-corrected chi connectivity index (χ0v) is 14.2. The zero-order valence-electron chi connectivity index (χ0n) is 14.2. The molecule has 2 atom stereocenters. The fourth-order valence-corrected chi connectivity index (χ4v) is 4.11. The third-order valence-corrected chi connectivity index (χ3v) is 5.96. The maximum atomic E-state index is 12.7. The minimum atomic E-state index is -0.222. The number of fused-ring (bicyclic) bond motifs is 2. The molecule has 23 heavy (non-hydrogen) atoms. The number of rotatable bonds is 3. The highest BCUT2D eigenvalue weighted by molar-refractivity contribution is 6.04. The van der Waals surface area contributed by atoms with Gasteiger partial charge in [-0.2, -0.15) is 0 Å². The van der Waals surface area contributed by atoms with Gasteiger partial charge in [-0.15, -0.1) is 0 Å². The van der Waals surface area contributed by atoms with Gasteiger partial charge in [-0.05, 0) is 48.4 Å². The van der Waals surface area contributed by atoms with E-state index in [0.29, 0.717) is 11.7 Å². The van der Waals surface area contributed by atoms with Crippen LogP contribution >= 0.6 is 0 Å². The van der Waals surface area contributed by atoms with Gasteiger partial charge in [-0.3, -0.25) is 9.59 Å². The van der Waals surface area contributed by atoms with Crippen LogP contribution in [0.5, 0.6) is 0 Å². The van der Waals surface area contributed by atoms with Crippen LogP contribution in [0.4, 0.5) is 11.4 Å². The topological polar surface area (TPSA) is 58.2 Å². The molecule has 2 aliphatic rings. The summed E-state index contributed by atoms with van der Waals surface area (Å²) >= 11 is 0. The van der Waals surface area contributed by atoms with Crippen LogP contribution in [0.25, 0.3) is 0 Å². The number of carbonyl (C=O) groups is 2. The number of Topliss-reactive ketones (excluding diaryl/α,β-unsaturated/α-hetero) is 1. The number of hydrogen-bond donors (Lipinski definition) is 2. The maximum absolute atomic E-state index is 12.7. The molecule has 2 fully saturated rings. The third-order valence-electron chi connectivity index (χ3n) is 5.96. The third kappa shape index (κ3) is 2.37. The lowest BCUT2D eigenvalue weighted by atomic mass is 9.70. The molecule has 4 nitrogen and oxygen atoms in total. The summed E-state index contributed by atoms with van der Waals surface area (Å²) in [4.78, 5) is 23.8. The Hall–Kier alpha value is -2.10. The molecule has 4 heteroatoms. The van der Waals surface area contributed by atoms with E-state index in [-0.39, 0.29) is 16.7 Å². The second-order valence-electron chi connectivity index (χ2n) is 7.48. The summed E-state index contributed by atoms with van der Waals surface area (Å²) in [6.45, 7) is 8.02. The second kappa shape index (κ2) is 5.22.